The maximum Gasteiger partial charge on any atom is 0.268 e. The summed E-state index contributed by atoms with van der Waals surface area (Å²) < 4.78 is 23.4. The number of carbonyl (C=O) groups is 1. The highest BCUT2D eigenvalue weighted by Gasteiger charge is 2.23. The normalized spacial score (nSPS) is 14.5. The first kappa shape index (κ1) is 76.2. The van der Waals surface area contributed by atoms with Gasteiger partial charge in [-0.05, 0) is 89.9 Å². The predicted molar refractivity (Wildman–Crippen MR) is 343 cm³/mol. The maximum absolute atomic E-state index is 13.0. The van der Waals surface area contributed by atoms with Crippen molar-refractivity contribution in [3.8, 4) is 0 Å². The molecule has 456 valence electrons. The molecule has 0 aliphatic carbocycles. The summed E-state index contributed by atoms with van der Waals surface area (Å²) in [6.45, 7) is 4.53. The lowest BCUT2D eigenvalue weighted by atomic mass is 10.0. The molecule has 0 aliphatic rings. The standard InChI is InChI=1S/C70H125N2O6P/c1-6-8-10-12-14-16-18-20-22-24-26-28-30-31-32-33-34-35-36-37-38-39-40-41-42-44-46-48-50-52-54-56-58-60-62-64-70(74)71-68(67-78-79(75,76)77-66-65-72(3,4)5)69(73)63-61-59-57-55-53-51-49-47-45-43-29-27-25-23-21-19-17-15-13-11-9-7-2/h8,10,14,16,20,22,26,28,31-32,34-35,37-38,53,55,61,63,68-69,73H,6-7,9,11-13,15,17-19,21,23-25,27,29-30,33,36,39-52,54,56-60,62,64-67H2,1-5H3,(H-,71,74,75,76)/b10-8-,16-14-,22-20-,28-26-,32-31-,35-34-,38-37-,55-53+,63-61+. The van der Waals surface area contributed by atoms with Crippen LogP contribution in [-0.2, 0) is 18.4 Å². The van der Waals surface area contributed by atoms with Gasteiger partial charge in [-0.1, -0.05) is 290 Å². The van der Waals surface area contributed by atoms with E-state index in [1.165, 1.54) is 173 Å². The van der Waals surface area contributed by atoms with E-state index in [4.69, 9.17) is 9.05 Å². The summed E-state index contributed by atoms with van der Waals surface area (Å²) in [6.07, 6.45) is 87.6. The first-order valence-corrected chi connectivity index (χ1v) is 34.2. The van der Waals surface area contributed by atoms with E-state index in [2.05, 4.69) is 116 Å². The predicted octanol–water partition coefficient (Wildman–Crippen LogP) is 20.1. The summed E-state index contributed by atoms with van der Waals surface area (Å²) in [5.74, 6) is -0.210. The number of aliphatic hydroxyl groups is 1. The number of quaternary nitrogens is 1. The van der Waals surface area contributed by atoms with Gasteiger partial charge in [-0.3, -0.25) is 9.36 Å². The maximum atomic E-state index is 13.0. The first-order valence-electron chi connectivity index (χ1n) is 32.7. The van der Waals surface area contributed by atoms with Crippen LogP contribution in [0.2, 0.25) is 0 Å². The fraction of sp³-hybridized carbons (Fsp3) is 0.729. The van der Waals surface area contributed by atoms with E-state index < -0.39 is 26.6 Å². The van der Waals surface area contributed by atoms with Gasteiger partial charge in [0.2, 0.25) is 5.91 Å². The Balaban J connectivity index is 4.15. The van der Waals surface area contributed by atoms with E-state index in [9.17, 15) is 19.4 Å². The molecule has 0 saturated carbocycles. The van der Waals surface area contributed by atoms with Gasteiger partial charge in [0.1, 0.15) is 13.2 Å². The Morgan fingerprint density at radius 2 is 0.785 bits per heavy atom. The van der Waals surface area contributed by atoms with Crippen molar-refractivity contribution in [1.82, 2.24) is 5.32 Å². The van der Waals surface area contributed by atoms with Crippen LogP contribution in [0, 0.1) is 0 Å². The van der Waals surface area contributed by atoms with Crippen LogP contribution < -0.4 is 10.2 Å². The third-order valence-electron chi connectivity index (χ3n) is 14.2. The summed E-state index contributed by atoms with van der Waals surface area (Å²) in [7, 11) is 1.24. The van der Waals surface area contributed by atoms with E-state index in [0.717, 1.165) is 83.5 Å². The van der Waals surface area contributed by atoms with Crippen molar-refractivity contribution < 1.29 is 32.9 Å². The molecule has 0 fully saturated rings. The Morgan fingerprint density at radius 1 is 0.456 bits per heavy atom. The SMILES string of the molecule is CC/C=C\C/C=C\C/C=C\C/C=C\C/C=C\C/C=C\C/C=C\CCCCCCCCCCCCCCCC(=O)NC(COP(=O)([O-])OCC[N+](C)(C)C)C(O)/C=C/CC/C=C/CCCCCCCCCCCCCCCCCC. The zero-order valence-electron chi connectivity index (χ0n) is 52.0. The van der Waals surface area contributed by atoms with Crippen LogP contribution in [-0.4, -0.2) is 68.5 Å². The molecule has 0 bridgehead atoms. The minimum atomic E-state index is -4.62. The molecule has 0 saturated heterocycles. The van der Waals surface area contributed by atoms with Crippen LogP contribution in [0.15, 0.2) is 109 Å². The summed E-state index contributed by atoms with van der Waals surface area (Å²) in [6, 6.07) is -0.911. The molecule has 8 nitrogen and oxygen atoms in total. The fourth-order valence-corrected chi connectivity index (χ4v) is 9.87. The molecule has 0 heterocycles. The number of nitrogens with zero attached hydrogens (tertiary/aromatic N) is 1. The minimum Gasteiger partial charge on any atom is -0.756 e. The third kappa shape index (κ3) is 62.6. The van der Waals surface area contributed by atoms with Crippen LogP contribution in [0.5, 0.6) is 0 Å². The highest BCUT2D eigenvalue weighted by molar-refractivity contribution is 7.45. The van der Waals surface area contributed by atoms with Gasteiger partial charge in [0.15, 0.2) is 0 Å². The number of amides is 1. The smallest absolute Gasteiger partial charge is 0.268 e. The summed E-state index contributed by atoms with van der Waals surface area (Å²) >= 11 is 0. The van der Waals surface area contributed by atoms with Crippen molar-refractivity contribution in [2.24, 2.45) is 0 Å². The molecule has 9 heteroatoms. The van der Waals surface area contributed by atoms with Crippen LogP contribution >= 0.6 is 7.82 Å². The number of hydrogen-bond donors (Lipinski definition) is 2. The van der Waals surface area contributed by atoms with E-state index in [1.807, 2.05) is 27.2 Å². The summed E-state index contributed by atoms with van der Waals surface area (Å²) in [4.78, 5) is 25.6. The molecular weight excluding hydrogens is 996 g/mol. The minimum absolute atomic E-state index is 0.0104. The lowest BCUT2D eigenvalue weighted by Gasteiger charge is -2.29. The number of allylic oxidation sites excluding steroid dienone is 17. The number of phosphoric ester groups is 1. The number of nitrogens with one attached hydrogen (secondary N) is 1. The molecule has 79 heavy (non-hydrogen) atoms. The number of unbranched alkanes of at least 4 members (excludes halogenated alkanes) is 30. The van der Waals surface area contributed by atoms with Gasteiger partial charge in [0.25, 0.3) is 7.82 Å². The molecule has 1 amide bonds. The van der Waals surface area contributed by atoms with Gasteiger partial charge in [0, 0.05) is 6.42 Å². The average molecular weight is 1120 g/mol. The van der Waals surface area contributed by atoms with Crippen molar-refractivity contribution in [2.45, 2.75) is 289 Å². The number of aliphatic hydroxyl groups excluding tert-OH is 1. The third-order valence-corrected chi connectivity index (χ3v) is 15.2. The summed E-state index contributed by atoms with van der Waals surface area (Å²) in [5.41, 5.74) is 0. The Kier molecular flexibility index (Phi) is 57.6. The Labute approximate surface area is 489 Å². The van der Waals surface area contributed by atoms with Crippen molar-refractivity contribution >= 4 is 13.7 Å². The number of phosphoric acid groups is 1. The van der Waals surface area contributed by atoms with Crippen molar-refractivity contribution in [3.05, 3.63) is 109 Å². The van der Waals surface area contributed by atoms with Gasteiger partial charge in [-0.15, -0.1) is 0 Å². The molecule has 0 aliphatic heterocycles. The molecule has 0 aromatic carbocycles. The van der Waals surface area contributed by atoms with E-state index >= 15 is 0 Å². The highest BCUT2D eigenvalue weighted by Crippen LogP contribution is 2.38. The molecule has 3 unspecified atom stereocenters. The molecule has 0 rings (SSSR count). The van der Waals surface area contributed by atoms with E-state index in [-0.39, 0.29) is 12.5 Å². The number of rotatable bonds is 59. The van der Waals surface area contributed by atoms with Gasteiger partial charge in [-0.2, -0.15) is 0 Å². The van der Waals surface area contributed by atoms with Gasteiger partial charge >= 0.3 is 0 Å². The second kappa shape index (κ2) is 59.8. The van der Waals surface area contributed by atoms with Crippen LogP contribution in [0.1, 0.15) is 277 Å². The van der Waals surface area contributed by atoms with Gasteiger partial charge < -0.3 is 28.8 Å². The molecule has 2 N–H and O–H groups in total. The van der Waals surface area contributed by atoms with Gasteiger partial charge in [-0.25, -0.2) is 0 Å². The van der Waals surface area contributed by atoms with E-state index in [1.54, 1.807) is 6.08 Å². The molecule has 3 atom stereocenters. The lowest BCUT2D eigenvalue weighted by Crippen LogP contribution is -2.45. The Hall–Kier alpha value is -2.84. The molecule has 0 aromatic heterocycles. The second-order valence-electron chi connectivity index (χ2n) is 23.1. The molecule has 0 radical (unpaired) electrons. The van der Waals surface area contributed by atoms with Crippen molar-refractivity contribution in [1.29, 1.82) is 0 Å². The highest BCUT2D eigenvalue weighted by atomic mass is 31.2. The number of carbonyl (C=O) groups excluding carboxylic acids is 1. The zero-order chi connectivity index (χ0) is 57.7. The van der Waals surface area contributed by atoms with Crippen LogP contribution in [0.4, 0.5) is 0 Å². The first-order chi connectivity index (χ1) is 38.5. The van der Waals surface area contributed by atoms with E-state index in [0.29, 0.717) is 17.4 Å². The topological polar surface area (TPSA) is 108 Å². The average Bonchev–Trinajstić information content (AvgIpc) is 3.42. The van der Waals surface area contributed by atoms with Gasteiger partial charge in [0.05, 0.1) is 39.9 Å². The van der Waals surface area contributed by atoms with Crippen LogP contribution in [0.3, 0.4) is 0 Å². The summed E-state index contributed by atoms with van der Waals surface area (Å²) in [5, 5.41) is 13.9. The van der Waals surface area contributed by atoms with Crippen molar-refractivity contribution in [3.63, 3.8) is 0 Å². The fourth-order valence-electron chi connectivity index (χ4n) is 9.15. The lowest BCUT2D eigenvalue weighted by molar-refractivity contribution is -0.870. The number of likely N-dealkylation sites (N-methyl/N-ethyl adjacent to an activating group) is 1. The molecule has 0 aromatic rings. The second-order valence-corrected chi connectivity index (χ2v) is 24.5. The van der Waals surface area contributed by atoms with Crippen molar-refractivity contribution in [2.75, 3.05) is 40.9 Å². The van der Waals surface area contributed by atoms with Crippen LogP contribution in [0.25, 0.3) is 0 Å². The Bertz CT molecular complexity index is 1650. The molecular formula is C70H125N2O6P. The monoisotopic (exact) mass is 1120 g/mol. The number of hydrogen-bond acceptors (Lipinski definition) is 6. The Morgan fingerprint density at radius 3 is 1.18 bits per heavy atom. The zero-order valence-corrected chi connectivity index (χ0v) is 52.9. The molecule has 0 spiro atoms. The largest absolute Gasteiger partial charge is 0.756 e. The quantitative estimate of drug-likeness (QED) is 0.0272.